The summed E-state index contributed by atoms with van der Waals surface area (Å²) in [6.07, 6.45) is 1.10. The largest absolute Gasteiger partial charge is 0.313 e. The quantitative estimate of drug-likeness (QED) is 0.817. The summed E-state index contributed by atoms with van der Waals surface area (Å²) in [4.78, 5) is 0. The summed E-state index contributed by atoms with van der Waals surface area (Å²) < 4.78 is 2.09. The number of rotatable bonds is 6. The van der Waals surface area contributed by atoms with Crippen LogP contribution in [-0.4, -0.2) is 16.3 Å². The minimum absolute atomic E-state index is 0.944. The predicted octanol–water partition coefficient (Wildman–Crippen LogP) is 3.30. The smallest absolute Gasteiger partial charge is 0.0596 e. The van der Waals surface area contributed by atoms with Crippen molar-refractivity contribution in [3.63, 3.8) is 0 Å². The highest BCUT2D eigenvalue weighted by atomic mass is 15.3. The third-order valence-corrected chi connectivity index (χ3v) is 3.44. The van der Waals surface area contributed by atoms with Gasteiger partial charge in [-0.2, -0.15) is 5.10 Å². The fourth-order valence-electron chi connectivity index (χ4n) is 2.66. The van der Waals surface area contributed by atoms with Gasteiger partial charge in [0.25, 0.3) is 0 Å². The number of aryl methyl sites for hydroxylation is 5. The molecule has 3 nitrogen and oxygen atoms in total. The lowest BCUT2D eigenvalue weighted by molar-refractivity contribution is 0.532. The van der Waals surface area contributed by atoms with Gasteiger partial charge < -0.3 is 5.32 Å². The van der Waals surface area contributed by atoms with Crippen molar-refractivity contribution in [2.45, 2.75) is 47.2 Å². The molecule has 2 aromatic rings. The zero-order valence-electron chi connectivity index (χ0n) is 13.0. The summed E-state index contributed by atoms with van der Waals surface area (Å²) in [7, 11) is 0. The molecule has 0 saturated heterocycles. The molecule has 0 radical (unpaired) electrons. The number of benzene rings is 1. The maximum absolute atomic E-state index is 4.48. The van der Waals surface area contributed by atoms with Crippen molar-refractivity contribution in [3.05, 3.63) is 52.3 Å². The van der Waals surface area contributed by atoms with E-state index in [1.807, 2.05) is 6.92 Å². The van der Waals surface area contributed by atoms with Crippen LogP contribution in [0.2, 0.25) is 0 Å². The van der Waals surface area contributed by atoms with Crippen LogP contribution in [0.25, 0.3) is 0 Å². The van der Waals surface area contributed by atoms with Crippen molar-refractivity contribution in [2.75, 3.05) is 6.54 Å². The Balaban J connectivity index is 1.72. The second kappa shape index (κ2) is 6.71. The first kappa shape index (κ1) is 14.8. The van der Waals surface area contributed by atoms with Crippen molar-refractivity contribution in [1.29, 1.82) is 0 Å². The van der Waals surface area contributed by atoms with Crippen molar-refractivity contribution < 1.29 is 0 Å². The van der Waals surface area contributed by atoms with E-state index in [4.69, 9.17) is 0 Å². The molecule has 0 bridgehead atoms. The number of nitrogens with zero attached hydrogens (tertiary/aromatic N) is 2. The van der Waals surface area contributed by atoms with Gasteiger partial charge in [-0.25, -0.2) is 0 Å². The Morgan fingerprint density at radius 3 is 2.30 bits per heavy atom. The molecule has 0 aliphatic rings. The number of hydrogen-bond donors (Lipinski definition) is 1. The Kier molecular flexibility index (Phi) is 4.96. The van der Waals surface area contributed by atoms with E-state index < -0.39 is 0 Å². The van der Waals surface area contributed by atoms with E-state index in [2.05, 4.69) is 60.1 Å². The van der Waals surface area contributed by atoms with E-state index in [1.165, 1.54) is 22.4 Å². The van der Waals surface area contributed by atoms with Crippen molar-refractivity contribution in [3.8, 4) is 0 Å². The van der Waals surface area contributed by atoms with Gasteiger partial charge in [0, 0.05) is 18.8 Å². The third-order valence-electron chi connectivity index (χ3n) is 3.44. The molecule has 0 fully saturated rings. The summed E-state index contributed by atoms with van der Waals surface area (Å²) in [5, 5.41) is 7.99. The fraction of sp³-hybridized carbons (Fsp3) is 0.471. The first-order valence-electron chi connectivity index (χ1n) is 7.33. The molecule has 0 saturated carbocycles. The van der Waals surface area contributed by atoms with E-state index in [1.54, 1.807) is 0 Å². The van der Waals surface area contributed by atoms with Gasteiger partial charge in [-0.3, -0.25) is 4.68 Å². The van der Waals surface area contributed by atoms with E-state index >= 15 is 0 Å². The molecular formula is C17H25N3. The second-order valence-corrected chi connectivity index (χ2v) is 5.68. The van der Waals surface area contributed by atoms with Crippen LogP contribution in [0.15, 0.2) is 24.3 Å². The van der Waals surface area contributed by atoms with Gasteiger partial charge >= 0.3 is 0 Å². The molecule has 0 atom stereocenters. The molecule has 1 N–H and O–H groups in total. The van der Waals surface area contributed by atoms with Crippen molar-refractivity contribution >= 4 is 0 Å². The molecular weight excluding hydrogens is 246 g/mol. The van der Waals surface area contributed by atoms with Gasteiger partial charge in [-0.15, -0.1) is 0 Å². The molecule has 3 heteroatoms. The Labute approximate surface area is 122 Å². The Bertz CT molecular complexity index is 549. The highest BCUT2D eigenvalue weighted by Gasteiger charge is 2.00. The lowest BCUT2D eigenvalue weighted by Crippen LogP contribution is -2.17. The normalized spacial score (nSPS) is 11.0. The Hall–Kier alpha value is -1.61. The molecule has 0 spiro atoms. The van der Waals surface area contributed by atoms with Crippen LogP contribution in [0.1, 0.15) is 34.5 Å². The molecule has 0 amide bonds. The molecule has 1 heterocycles. The van der Waals surface area contributed by atoms with Crippen LogP contribution < -0.4 is 5.32 Å². The molecule has 2 rings (SSSR count). The molecule has 0 aliphatic heterocycles. The monoisotopic (exact) mass is 271 g/mol. The van der Waals surface area contributed by atoms with Gasteiger partial charge in [0.1, 0.15) is 0 Å². The SMILES string of the molecule is Cc1cc(C)cc(CNCCCn2nc(C)cc2C)c1. The average Bonchev–Trinajstić information content (AvgIpc) is 2.66. The van der Waals surface area contributed by atoms with Gasteiger partial charge in [0.05, 0.1) is 5.69 Å². The zero-order chi connectivity index (χ0) is 14.5. The molecule has 108 valence electrons. The Morgan fingerprint density at radius 1 is 1.00 bits per heavy atom. The maximum atomic E-state index is 4.48. The van der Waals surface area contributed by atoms with Crippen LogP contribution >= 0.6 is 0 Å². The average molecular weight is 271 g/mol. The molecule has 0 aliphatic carbocycles. The van der Waals surface area contributed by atoms with Crippen LogP contribution in [-0.2, 0) is 13.1 Å². The lowest BCUT2D eigenvalue weighted by Gasteiger charge is -2.08. The van der Waals surface area contributed by atoms with Gasteiger partial charge in [-0.05, 0) is 52.3 Å². The summed E-state index contributed by atoms with van der Waals surface area (Å²) in [6, 6.07) is 8.84. The van der Waals surface area contributed by atoms with Gasteiger partial charge in [0.15, 0.2) is 0 Å². The lowest BCUT2D eigenvalue weighted by atomic mass is 10.1. The highest BCUT2D eigenvalue weighted by molar-refractivity contribution is 5.28. The van der Waals surface area contributed by atoms with Crippen LogP contribution in [0.3, 0.4) is 0 Å². The maximum Gasteiger partial charge on any atom is 0.0596 e. The van der Waals surface area contributed by atoms with E-state index in [0.29, 0.717) is 0 Å². The van der Waals surface area contributed by atoms with Gasteiger partial charge in [0.2, 0.25) is 0 Å². The van der Waals surface area contributed by atoms with E-state index in [0.717, 1.165) is 31.7 Å². The minimum atomic E-state index is 0.944. The standard InChI is InChI=1S/C17H25N3/c1-13-8-14(2)10-17(9-13)12-18-6-5-7-20-16(4)11-15(3)19-20/h8-11,18H,5-7,12H2,1-4H3. The van der Waals surface area contributed by atoms with Gasteiger partial charge in [-0.1, -0.05) is 29.3 Å². The van der Waals surface area contributed by atoms with Crippen LogP contribution in [0.5, 0.6) is 0 Å². The Morgan fingerprint density at radius 2 is 1.70 bits per heavy atom. The van der Waals surface area contributed by atoms with Crippen LogP contribution in [0.4, 0.5) is 0 Å². The second-order valence-electron chi connectivity index (χ2n) is 5.68. The first-order valence-corrected chi connectivity index (χ1v) is 7.33. The number of hydrogen-bond acceptors (Lipinski definition) is 2. The molecule has 0 unspecified atom stereocenters. The molecule has 1 aromatic carbocycles. The van der Waals surface area contributed by atoms with E-state index in [9.17, 15) is 0 Å². The summed E-state index contributed by atoms with van der Waals surface area (Å²) in [5.74, 6) is 0. The zero-order valence-corrected chi connectivity index (χ0v) is 13.0. The summed E-state index contributed by atoms with van der Waals surface area (Å²) >= 11 is 0. The van der Waals surface area contributed by atoms with Crippen molar-refractivity contribution in [1.82, 2.24) is 15.1 Å². The third kappa shape index (κ3) is 4.20. The summed E-state index contributed by atoms with van der Waals surface area (Å²) in [6.45, 7) is 11.4. The van der Waals surface area contributed by atoms with Crippen molar-refractivity contribution in [2.24, 2.45) is 0 Å². The number of nitrogens with one attached hydrogen (secondary N) is 1. The highest BCUT2D eigenvalue weighted by Crippen LogP contribution is 2.08. The minimum Gasteiger partial charge on any atom is -0.313 e. The molecule has 20 heavy (non-hydrogen) atoms. The predicted molar refractivity (Wildman–Crippen MR) is 83.9 cm³/mol. The van der Waals surface area contributed by atoms with E-state index in [-0.39, 0.29) is 0 Å². The number of aromatic nitrogens is 2. The first-order chi connectivity index (χ1) is 9.54. The summed E-state index contributed by atoms with van der Waals surface area (Å²) in [5.41, 5.74) is 6.39. The fourth-order valence-corrected chi connectivity index (χ4v) is 2.66. The molecule has 1 aromatic heterocycles. The van der Waals surface area contributed by atoms with Crippen LogP contribution in [0, 0.1) is 27.7 Å². The topological polar surface area (TPSA) is 29.9 Å².